The van der Waals surface area contributed by atoms with E-state index < -0.39 is 0 Å². The third kappa shape index (κ3) is 4.44. The monoisotopic (exact) mass is 268 g/mol. The van der Waals surface area contributed by atoms with Crippen LogP contribution >= 0.6 is 0 Å². The molecule has 1 N–H and O–H groups in total. The summed E-state index contributed by atoms with van der Waals surface area (Å²) in [4.78, 5) is 5.19. The fraction of sp³-hybridized carbons (Fsp3) is 1.00. The van der Waals surface area contributed by atoms with E-state index in [1.165, 1.54) is 58.3 Å². The van der Waals surface area contributed by atoms with Crippen molar-refractivity contribution in [3.63, 3.8) is 0 Å². The van der Waals surface area contributed by atoms with Crippen molar-refractivity contribution in [3.8, 4) is 0 Å². The Bertz CT molecular complexity index is 251. The summed E-state index contributed by atoms with van der Waals surface area (Å²) in [5.74, 6) is 0.526. The van der Waals surface area contributed by atoms with Crippen LogP contribution in [-0.2, 0) is 0 Å². The second kappa shape index (κ2) is 7.61. The minimum absolute atomic E-state index is 0.0462. The summed E-state index contributed by atoms with van der Waals surface area (Å²) in [6.45, 7) is 10.5. The summed E-state index contributed by atoms with van der Waals surface area (Å²) in [7, 11) is 0. The maximum Gasteiger partial charge on any atom is 0.0580 e. The van der Waals surface area contributed by atoms with Crippen molar-refractivity contribution in [2.45, 2.75) is 64.5 Å². The van der Waals surface area contributed by atoms with Crippen molar-refractivity contribution >= 4 is 0 Å². The molecule has 0 spiro atoms. The Labute approximate surface area is 119 Å². The van der Waals surface area contributed by atoms with E-state index in [9.17, 15) is 5.11 Å². The summed E-state index contributed by atoms with van der Waals surface area (Å²) in [6.07, 6.45) is 7.31. The molecule has 3 nitrogen and oxygen atoms in total. The standard InChI is InChI=1S/C16H32N2O/c1-3-14(2)18-11-9-17(10-12-18)13-15-7-5-4-6-8-16(15)19/h14-16,19H,3-13H2,1-2H3. The molecule has 2 rings (SSSR count). The molecule has 0 amide bonds. The topological polar surface area (TPSA) is 26.7 Å². The van der Waals surface area contributed by atoms with E-state index in [1.807, 2.05) is 0 Å². The van der Waals surface area contributed by atoms with Crippen LogP contribution in [0.15, 0.2) is 0 Å². The second-order valence-electron chi connectivity index (χ2n) is 6.56. The maximum absolute atomic E-state index is 10.2. The van der Waals surface area contributed by atoms with Gasteiger partial charge in [-0.15, -0.1) is 0 Å². The highest BCUT2D eigenvalue weighted by Crippen LogP contribution is 2.24. The van der Waals surface area contributed by atoms with Crippen LogP contribution in [0.1, 0.15) is 52.4 Å². The van der Waals surface area contributed by atoms with Crippen molar-refractivity contribution in [1.82, 2.24) is 9.80 Å². The number of aliphatic hydroxyl groups excluding tert-OH is 1. The fourth-order valence-electron chi connectivity index (χ4n) is 3.55. The third-order valence-corrected chi connectivity index (χ3v) is 5.23. The molecule has 1 aliphatic carbocycles. The van der Waals surface area contributed by atoms with Gasteiger partial charge in [0.05, 0.1) is 6.10 Å². The van der Waals surface area contributed by atoms with E-state index >= 15 is 0 Å². The molecule has 0 aromatic carbocycles. The molecule has 1 saturated heterocycles. The highest BCUT2D eigenvalue weighted by atomic mass is 16.3. The van der Waals surface area contributed by atoms with Crippen molar-refractivity contribution in [2.75, 3.05) is 32.7 Å². The van der Waals surface area contributed by atoms with Crippen molar-refractivity contribution < 1.29 is 5.11 Å². The molecule has 0 radical (unpaired) electrons. The van der Waals surface area contributed by atoms with Crippen molar-refractivity contribution in [2.24, 2.45) is 5.92 Å². The zero-order valence-corrected chi connectivity index (χ0v) is 12.9. The number of nitrogens with zero attached hydrogens (tertiary/aromatic N) is 2. The normalized spacial score (nSPS) is 33.0. The van der Waals surface area contributed by atoms with E-state index in [0.717, 1.165) is 19.0 Å². The molecule has 0 aromatic heterocycles. The van der Waals surface area contributed by atoms with Crippen molar-refractivity contribution in [1.29, 1.82) is 0 Å². The first kappa shape index (κ1) is 15.3. The van der Waals surface area contributed by atoms with E-state index in [-0.39, 0.29) is 6.10 Å². The average Bonchev–Trinajstić information content (AvgIpc) is 2.64. The Hall–Kier alpha value is -0.120. The molecule has 0 aromatic rings. The van der Waals surface area contributed by atoms with Gasteiger partial charge >= 0.3 is 0 Å². The van der Waals surface area contributed by atoms with Gasteiger partial charge in [0.1, 0.15) is 0 Å². The van der Waals surface area contributed by atoms with Crippen LogP contribution in [-0.4, -0.2) is 59.8 Å². The van der Waals surface area contributed by atoms with Gasteiger partial charge in [-0.2, -0.15) is 0 Å². The summed E-state index contributed by atoms with van der Waals surface area (Å²) in [5, 5.41) is 10.2. The Morgan fingerprint density at radius 3 is 2.42 bits per heavy atom. The van der Waals surface area contributed by atoms with Crippen molar-refractivity contribution in [3.05, 3.63) is 0 Å². The molecule has 1 heterocycles. The quantitative estimate of drug-likeness (QED) is 0.793. The number of aliphatic hydroxyl groups is 1. The lowest BCUT2D eigenvalue weighted by Crippen LogP contribution is -2.51. The molecule has 1 aliphatic heterocycles. The first-order chi connectivity index (χ1) is 9.20. The molecule has 19 heavy (non-hydrogen) atoms. The minimum atomic E-state index is -0.0462. The zero-order valence-electron chi connectivity index (χ0n) is 12.9. The molecule has 3 heteroatoms. The SMILES string of the molecule is CCC(C)N1CCN(CC2CCCCCC2O)CC1. The number of piperazine rings is 1. The lowest BCUT2D eigenvalue weighted by Gasteiger charge is -2.39. The Morgan fingerprint density at radius 2 is 1.74 bits per heavy atom. The van der Waals surface area contributed by atoms with Gasteiger partial charge < -0.3 is 10.0 Å². The zero-order chi connectivity index (χ0) is 13.7. The average molecular weight is 268 g/mol. The lowest BCUT2D eigenvalue weighted by molar-refractivity contribution is 0.0455. The highest BCUT2D eigenvalue weighted by molar-refractivity contribution is 4.80. The van der Waals surface area contributed by atoms with E-state index in [1.54, 1.807) is 0 Å². The van der Waals surface area contributed by atoms with Gasteiger partial charge in [-0.25, -0.2) is 0 Å². The molecular formula is C16H32N2O. The van der Waals surface area contributed by atoms with E-state index in [2.05, 4.69) is 23.6 Å². The fourth-order valence-corrected chi connectivity index (χ4v) is 3.55. The number of hydrogen-bond acceptors (Lipinski definition) is 3. The first-order valence-electron chi connectivity index (χ1n) is 8.35. The molecule has 0 bridgehead atoms. The predicted octanol–water partition coefficient (Wildman–Crippen LogP) is 2.34. The van der Waals surface area contributed by atoms with E-state index in [4.69, 9.17) is 0 Å². The van der Waals surface area contributed by atoms with Crippen LogP contribution in [0.2, 0.25) is 0 Å². The van der Waals surface area contributed by atoms with Crippen LogP contribution in [0.5, 0.6) is 0 Å². The van der Waals surface area contributed by atoms with Gasteiger partial charge in [0, 0.05) is 38.8 Å². The van der Waals surface area contributed by atoms with Gasteiger partial charge in [0.25, 0.3) is 0 Å². The lowest BCUT2D eigenvalue weighted by atomic mass is 9.96. The van der Waals surface area contributed by atoms with Crippen LogP contribution in [0, 0.1) is 5.92 Å². The second-order valence-corrected chi connectivity index (χ2v) is 6.56. The molecule has 112 valence electrons. The van der Waals surface area contributed by atoms with Gasteiger partial charge in [-0.3, -0.25) is 4.90 Å². The summed E-state index contributed by atoms with van der Waals surface area (Å²) >= 11 is 0. The molecular weight excluding hydrogens is 236 g/mol. The summed E-state index contributed by atoms with van der Waals surface area (Å²) in [6, 6.07) is 0.727. The molecule has 3 atom stereocenters. The van der Waals surface area contributed by atoms with Gasteiger partial charge in [-0.05, 0) is 32.1 Å². The van der Waals surface area contributed by atoms with Gasteiger partial charge in [0.15, 0.2) is 0 Å². The smallest absolute Gasteiger partial charge is 0.0580 e. The number of hydrogen-bond donors (Lipinski definition) is 1. The molecule has 2 fully saturated rings. The van der Waals surface area contributed by atoms with Gasteiger partial charge in [-0.1, -0.05) is 26.2 Å². The van der Waals surface area contributed by atoms with E-state index in [0.29, 0.717) is 5.92 Å². The summed E-state index contributed by atoms with van der Waals surface area (Å²) in [5.41, 5.74) is 0. The van der Waals surface area contributed by atoms with Crippen LogP contribution in [0.25, 0.3) is 0 Å². The Morgan fingerprint density at radius 1 is 1.05 bits per heavy atom. The van der Waals surface area contributed by atoms with Crippen LogP contribution in [0.4, 0.5) is 0 Å². The molecule has 1 saturated carbocycles. The molecule has 3 unspecified atom stereocenters. The summed E-state index contributed by atoms with van der Waals surface area (Å²) < 4.78 is 0. The first-order valence-corrected chi connectivity index (χ1v) is 8.35. The molecule has 2 aliphatic rings. The predicted molar refractivity (Wildman–Crippen MR) is 80.3 cm³/mol. The number of rotatable bonds is 4. The minimum Gasteiger partial charge on any atom is -0.393 e. The van der Waals surface area contributed by atoms with Crippen LogP contribution < -0.4 is 0 Å². The highest BCUT2D eigenvalue weighted by Gasteiger charge is 2.26. The Kier molecular flexibility index (Phi) is 6.11. The largest absolute Gasteiger partial charge is 0.393 e. The van der Waals surface area contributed by atoms with Gasteiger partial charge in [0.2, 0.25) is 0 Å². The third-order valence-electron chi connectivity index (χ3n) is 5.23. The maximum atomic E-state index is 10.2. The Balaban J connectivity index is 1.75. The van der Waals surface area contributed by atoms with Crippen LogP contribution in [0.3, 0.4) is 0 Å².